The van der Waals surface area contributed by atoms with Crippen molar-refractivity contribution < 1.29 is 13.2 Å². The van der Waals surface area contributed by atoms with Crippen molar-refractivity contribution in [1.82, 2.24) is 9.29 Å². The fourth-order valence-corrected chi connectivity index (χ4v) is 3.27. The van der Waals surface area contributed by atoms with E-state index in [1.165, 1.54) is 18.4 Å². The lowest BCUT2D eigenvalue weighted by molar-refractivity contribution is -0.116. The molecule has 0 fully saturated rings. The van der Waals surface area contributed by atoms with Crippen molar-refractivity contribution in [3.05, 3.63) is 33.6 Å². The summed E-state index contributed by atoms with van der Waals surface area (Å²) in [5.74, 6) is -0.422. The highest BCUT2D eigenvalue weighted by atomic mass is 79.9. The van der Waals surface area contributed by atoms with Gasteiger partial charge in [-0.2, -0.15) is 4.31 Å². The third-order valence-electron chi connectivity index (χ3n) is 3.09. The highest BCUT2D eigenvalue weighted by Gasteiger charge is 2.17. The van der Waals surface area contributed by atoms with E-state index in [0.29, 0.717) is 5.13 Å². The van der Waals surface area contributed by atoms with Crippen molar-refractivity contribution in [3.8, 4) is 11.3 Å². The Morgan fingerprint density at radius 3 is 2.52 bits per heavy atom. The van der Waals surface area contributed by atoms with E-state index < -0.39 is 15.9 Å². The Kier molecular flexibility index (Phi) is 5.56. The largest absolute Gasteiger partial charge is 0.301 e. The molecule has 0 spiro atoms. The highest BCUT2D eigenvalue weighted by molar-refractivity contribution is 9.10. The summed E-state index contributed by atoms with van der Waals surface area (Å²) < 4.78 is 24.6. The van der Waals surface area contributed by atoms with E-state index >= 15 is 0 Å². The van der Waals surface area contributed by atoms with Crippen LogP contribution in [0.1, 0.15) is 4.88 Å². The zero-order chi connectivity index (χ0) is 17.2. The van der Waals surface area contributed by atoms with Crippen LogP contribution in [-0.4, -0.2) is 43.5 Å². The van der Waals surface area contributed by atoms with Gasteiger partial charge in [-0.25, -0.2) is 13.4 Å². The minimum atomic E-state index is -3.39. The minimum Gasteiger partial charge on any atom is -0.301 e. The topological polar surface area (TPSA) is 79.4 Å². The molecule has 0 bridgehead atoms. The molecular weight excluding hydrogens is 402 g/mol. The highest BCUT2D eigenvalue weighted by Crippen LogP contribution is 2.31. The van der Waals surface area contributed by atoms with Crippen molar-refractivity contribution in [2.75, 3.05) is 25.2 Å². The number of rotatable bonds is 5. The number of anilines is 1. The lowest BCUT2D eigenvalue weighted by atomic mass is 10.1. The SMILES string of the molecule is Cc1sc(NC(=O)CN(C)S(C)(=O)=O)nc1-c1ccc(Br)cc1. The standard InChI is InChI=1S/C14H16BrN3O3S2/c1-9-13(10-4-6-11(15)7-5-10)17-14(22-9)16-12(19)8-18(2)23(3,20)21/h4-7H,8H2,1-3H3,(H,16,17,19). The molecule has 0 atom stereocenters. The van der Waals surface area contributed by atoms with E-state index in [2.05, 4.69) is 26.2 Å². The summed E-state index contributed by atoms with van der Waals surface area (Å²) in [5.41, 5.74) is 1.75. The van der Waals surface area contributed by atoms with Crippen molar-refractivity contribution >= 4 is 48.3 Å². The first-order valence-corrected chi connectivity index (χ1v) is 10.1. The van der Waals surface area contributed by atoms with Crippen LogP contribution >= 0.6 is 27.3 Å². The van der Waals surface area contributed by atoms with Gasteiger partial charge in [-0.15, -0.1) is 11.3 Å². The van der Waals surface area contributed by atoms with E-state index in [-0.39, 0.29) is 6.54 Å². The van der Waals surface area contributed by atoms with Crippen molar-refractivity contribution in [3.63, 3.8) is 0 Å². The molecule has 0 aliphatic heterocycles. The number of amides is 1. The van der Waals surface area contributed by atoms with Gasteiger partial charge in [0.05, 0.1) is 18.5 Å². The van der Waals surface area contributed by atoms with Gasteiger partial charge in [0.1, 0.15) is 0 Å². The molecule has 124 valence electrons. The van der Waals surface area contributed by atoms with Crippen LogP contribution in [-0.2, 0) is 14.8 Å². The maximum absolute atomic E-state index is 11.9. The van der Waals surface area contributed by atoms with E-state index in [9.17, 15) is 13.2 Å². The fraction of sp³-hybridized carbons (Fsp3) is 0.286. The lowest BCUT2D eigenvalue weighted by Gasteiger charge is -2.12. The van der Waals surface area contributed by atoms with Crippen LogP contribution in [0.4, 0.5) is 5.13 Å². The number of sulfonamides is 1. The maximum atomic E-state index is 11.9. The monoisotopic (exact) mass is 417 g/mol. The van der Waals surface area contributed by atoms with E-state index in [4.69, 9.17) is 0 Å². The van der Waals surface area contributed by atoms with Gasteiger partial charge in [0.25, 0.3) is 0 Å². The summed E-state index contributed by atoms with van der Waals surface area (Å²) in [6.07, 6.45) is 1.06. The Hall–Kier alpha value is -1.29. The second-order valence-electron chi connectivity index (χ2n) is 5.00. The minimum absolute atomic E-state index is 0.245. The van der Waals surface area contributed by atoms with Crippen LogP contribution in [0.2, 0.25) is 0 Å². The number of benzene rings is 1. The van der Waals surface area contributed by atoms with Gasteiger partial charge >= 0.3 is 0 Å². The first kappa shape index (κ1) is 18.1. The van der Waals surface area contributed by atoms with E-state index in [1.54, 1.807) is 0 Å². The predicted molar refractivity (Wildman–Crippen MR) is 96.1 cm³/mol. The molecule has 23 heavy (non-hydrogen) atoms. The van der Waals surface area contributed by atoms with E-state index in [0.717, 1.165) is 31.2 Å². The fourth-order valence-electron chi connectivity index (χ4n) is 1.80. The smallest absolute Gasteiger partial charge is 0.241 e. The molecule has 1 aromatic heterocycles. The third kappa shape index (κ3) is 4.84. The molecular formula is C14H16BrN3O3S2. The summed E-state index contributed by atoms with van der Waals surface area (Å²) in [5, 5.41) is 3.09. The molecule has 0 radical (unpaired) electrons. The quantitative estimate of drug-likeness (QED) is 0.810. The molecule has 0 aliphatic rings. The molecule has 1 aromatic carbocycles. The second kappa shape index (κ2) is 7.08. The van der Waals surface area contributed by atoms with Gasteiger partial charge in [-0.05, 0) is 19.1 Å². The van der Waals surface area contributed by atoms with Crippen molar-refractivity contribution in [2.24, 2.45) is 0 Å². The van der Waals surface area contributed by atoms with Crippen LogP contribution in [0.5, 0.6) is 0 Å². The van der Waals surface area contributed by atoms with Gasteiger partial charge in [0.15, 0.2) is 5.13 Å². The van der Waals surface area contributed by atoms with E-state index in [1.807, 2.05) is 31.2 Å². The molecule has 9 heteroatoms. The Morgan fingerprint density at radius 1 is 1.35 bits per heavy atom. The Balaban J connectivity index is 2.12. The summed E-state index contributed by atoms with van der Waals surface area (Å²) in [4.78, 5) is 17.3. The number of likely N-dealkylation sites (N-methyl/N-ethyl adjacent to an activating group) is 1. The molecule has 1 heterocycles. The predicted octanol–water partition coefficient (Wildman–Crippen LogP) is 2.71. The van der Waals surface area contributed by atoms with Gasteiger partial charge in [0.2, 0.25) is 15.9 Å². The third-order valence-corrected chi connectivity index (χ3v) is 5.77. The number of aryl methyl sites for hydroxylation is 1. The molecule has 2 rings (SSSR count). The van der Waals surface area contributed by atoms with Gasteiger partial charge in [-0.1, -0.05) is 28.1 Å². The number of nitrogens with zero attached hydrogens (tertiary/aromatic N) is 2. The van der Waals surface area contributed by atoms with Crippen LogP contribution < -0.4 is 5.32 Å². The van der Waals surface area contributed by atoms with Gasteiger partial charge in [0, 0.05) is 22.0 Å². The molecule has 0 saturated heterocycles. The molecule has 1 amide bonds. The first-order valence-electron chi connectivity index (χ1n) is 6.61. The number of hydrogen-bond donors (Lipinski definition) is 1. The Bertz CT molecular complexity index is 816. The molecule has 6 nitrogen and oxygen atoms in total. The average Bonchev–Trinajstić information content (AvgIpc) is 2.79. The van der Waals surface area contributed by atoms with Crippen LogP contribution in [0.15, 0.2) is 28.7 Å². The number of carbonyl (C=O) groups is 1. The number of carbonyl (C=O) groups excluding carboxylic acids is 1. The van der Waals surface area contributed by atoms with Crippen LogP contribution in [0.25, 0.3) is 11.3 Å². The maximum Gasteiger partial charge on any atom is 0.241 e. The van der Waals surface area contributed by atoms with Gasteiger partial charge < -0.3 is 5.32 Å². The summed E-state index contributed by atoms with van der Waals surface area (Å²) in [7, 11) is -2.03. The first-order chi connectivity index (χ1) is 10.7. The van der Waals surface area contributed by atoms with Gasteiger partial charge in [-0.3, -0.25) is 4.79 Å². The average molecular weight is 418 g/mol. The second-order valence-corrected chi connectivity index (χ2v) is 9.21. The number of thiazole rings is 1. The lowest BCUT2D eigenvalue weighted by Crippen LogP contribution is -2.34. The molecule has 2 aromatic rings. The van der Waals surface area contributed by atoms with Crippen LogP contribution in [0, 0.1) is 6.92 Å². The zero-order valence-corrected chi connectivity index (χ0v) is 16.0. The molecule has 0 saturated carbocycles. The molecule has 0 aliphatic carbocycles. The van der Waals surface area contributed by atoms with Crippen molar-refractivity contribution in [1.29, 1.82) is 0 Å². The summed E-state index contributed by atoms with van der Waals surface area (Å²) >= 11 is 4.74. The number of aromatic nitrogens is 1. The molecule has 0 unspecified atom stereocenters. The summed E-state index contributed by atoms with van der Waals surface area (Å²) in [6, 6.07) is 7.73. The Morgan fingerprint density at radius 2 is 1.96 bits per heavy atom. The normalized spacial score (nSPS) is 11.7. The molecule has 1 N–H and O–H groups in total. The number of halogens is 1. The van der Waals surface area contributed by atoms with Crippen molar-refractivity contribution in [2.45, 2.75) is 6.92 Å². The van der Waals surface area contributed by atoms with Crippen LogP contribution in [0.3, 0.4) is 0 Å². The summed E-state index contributed by atoms with van der Waals surface area (Å²) in [6.45, 7) is 1.68. The zero-order valence-electron chi connectivity index (χ0n) is 12.8. The number of nitrogens with one attached hydrogen (secondary N) is 1. The number of hydrogen-bond acceptors (Lipinski definition) is 5. The Labute approximate surface area is 147 Å².